The first-order valence-electron chi connectivity index (χ1n) is 7.05. The number of imidazole rings is 1. The van der Waals surface area contributed by atoms with Gasteiger partial charge in [0.05, 0.1) is 6.04 Å². The summed E-state index contributed by atoms with van der Waals surface area (Å²) in [5.74, 6) is 0.831. The summed E-state index contributed by atoms with van der Waals surface area (Å²) >= 11 is 0. The van der Waals surface area contributed by atoms with Crippen LogP contribution in [-0.4, -0.2) is 21.0 Å². The lowest BCUT2D eigenvalue weighted by Gasteiger charge is -2.15. The highest BCUT2D eigenvalue weighted by Gasteiger charge is 2.17. The van der Waals surface area contributed by atoms with Crippen LogP contribution in [0.1, 0.15) is 52.4 Å². The van der Waals surface area contributed by atoms with E-state index in [1.807, 2.05) is 13.8 Å². The molecular formula is C16H21N3O2. The fourth-order valence-corrected chi connectivity index (χ4v) is 2.30. The van der Waals surface area contributed by atoms with Gasteiger partial charge in [-0.3, -0.25) is 4.79 Å². The Morgan fingerprint density at radius 1 is 1.33 bits per heavy atom. The van der Waals surface area contributed by atoms with Crippen molar-refractivity contribution in [3.63, 3.8) is 0 Å². The Hall–Kier alpha value is -2.30. The fourth-order valence-electron chi connectivity index (χ4n) is 2.30. The Morgan fingerprint density at radius 2 is 1.95 bits per heavy atom. The van der Waals surface area contributed by atoms with Gasteiger partial charge in [0.1, 0.15) is 11.6 Å². The molecule has 1 heterocycles. The molecule has 0 bridgehead atoms. The number of phenols is 1. The quantitative estimate of drug-likeness (QED) is 0.809. The van der Waals surface area contributed by atoms with Crippen LogP contribution >= 0.6 is 0 Å². The van der Waals surface area contributed by atoms with Crippen molar-refractivity contribution in [2.75, 3.05) is 0 Å². The lowest BCUT2D eigenvalue weighted by atomic mass is 10.0. The number of amides is 1. The van der Waals surface area contributed by atoms with Crippen LogP contribution in [0.5, 0.6) is 5.75 Å². The van der Waals surface area contributed by atoms with Gasteiger partial charge in [-0.25, -0.2) is 4.98 Å². The van der Waals surface area contributed by atoms with Crippen LogP contribution in [0.2, 0.25) is 0 Å². The molecule has 1 aromatic carbocycles. The highest BCUT2D eigenvalue weighted by molar-refractivity contribution is 5.95. The van der Waals surface area contributed by atoms with E-state index in [0.717, 1.165) is 17.9 Å². The summed E-state index contributed by atoms with van der Waals surface area (Å²) < 4.78 is 0. The number of phenolic OH excluding ortho intramolecular Hbond substituents is 1. The zero-order chi connectivity index (χ0) is 15.6. The van der Waals surface area contributed by atoms with E-state index in [2.05, 4.69) is 15.3 Å². The summed E-state index contributed by atoms with van der Waals surface area (Å²) in [5, 5.41) is 12.7. The number of benzene rings is 1. The van der Waals surface area contributed by atoms with Crippen molar-refractivity contribution >= 4 is 5.91 Å². The Morgan fingerprint density at radius 3 is 2.43 bits per heavy atom. The molecule has 0 unspecified atom stereocenters. The van der Waals surface area contributed by atoms with Gasteiger partial charge in [-0.1, -0.05) is 6.92 Å². The average Bonchev–Trinajstić information content (AvgIpc) is 2.87. The molecule has 5 heteroatoms. The predicted octanol–water partition coefficient (Wildman–Crippen LogP) is 2.92. The molecule has 0 aliphatic heterocycles. The minimum atomic E-state index is -0.165. The molecule has 3 N–H and O–H groups in total. The lowest BCUT2D eigenvalue weighted by Crippen LogP contribution is -2.29. The van der Waals surface area contributed by atoms with Crippen molar-refractivity contribution in [3.8, 4) is 5.75 Å². The van der Waals surface area contributed by atoms with E-state index in [-0.39, 0.29) is 17.7 Å². The minimum Gasteiger partial charge on any atom is -0.507 e. The largest absolute Gasteiger partial charge is 0.507 e. The Labute approximate surface area is 124 Å². The molecule has 2 rings (SSSR count). The standard InChI is InChI=1S/C16H21N3O2/c1-5-13(15-17-8-11(4)18-15)19-16(21)12-6-9(2)14(20)10(3)7-12/h6-8,13,20H,5H2,1-4H3,(H,17,18)(H,19,21)/t13-/m1/s1. The van der Waals surface area contributed by atoms with Crippen LogP contribution in [0.3, 0.4) is 0 Å². The molecule has 21 heavy (non-hydrogen) atoms. The Bertz CT molecular complexity index is 638. The number of hydrogen-bond acceptors (Lipinski definition) is 3. The molecule has 112 valence electrons. The fraction of sp³-hybridized carbons (Fsp3) is 0.375. The molecule has 5 nitrogen and oxygen atoms in total. The number of rotatable bonds is 4. The van der Waals surface area contributed by atoms with Crippen LogP contribution in [0, 0.1) is 20.8 Å². The smallest absolute Gasteiger partial charge is 0.251 e. The van der Waals surface area contributed by atoms with Gasteiger partial charge in [0.25, 0.3) is 5.91 Å². The number of hydrogen-bond donors (Lipinski definition) is 3. The van der Waals surface area contributed by atoms with Crippen molar-refractivity contribution in [1.29, 1.82) is 0 Å². The van der Waals surface area contributed by atoms with E-state index >= 15 is 0 Å². The molecule has 2 aromatic rings. The normalized spacial score (nSPS) is 12.2. The molecule has 0 radical (unpaired) electrons. The van der Waals surface area contributed by atoms with Gasteiger partial charge in [0.15, 0.2) is 0 Å². The van der Waals surface area contributed by atoms with Crippen molar-refractivity contribution < 1.29 is 9.90 Å². The van der Waals surface area contributed by atoms with E-state index in [1.54, 1.807) is 32.2 Å². The number of aromatic nitrogens is 2. The zero-order valence-corrected chi connectivity index (χ0v) is 12.8. The number of carbonyl (C=O) groups is 1. The number of aryl methyl sites for hydroxylation is 3. The minimum absolute atomic E-state index is 0.152. The molecule has 0 saturated heterocycles. The summed E-state index contributed by atoms with van der Waals surface area (Å²) in [7, 11) is 0. The second kappa shape index (κ2) is 5.99. The van der Waals surface area contributed by atoms with Gasteiger partial charge in [-0.15, -0.1) is 0 Å². The van der Waals surface area contributed by atoms with E-state index in [1.165, 1.54) is 0 Å². The third kappa shape index (κ3) is 3.24. The SMILES string of the molecule is CC[C@@H](NC(=O)c1cc(C)c(O)c(C)c1)c1ncc(C)[nH]1. The second-order valence-corrected chi connectivity index (χ2v) is 5.34. The molecular weight excluding hydrogens is 266 g/mol. The van der Waals surface area contributed by atoms with Crippen LogP contribution in [0.25, 0.3) is 0 Å². The van der Waals surface area contributed by atoms with Gasteiger partial charge >= 0.3 is 0 Å². The molecule has 0 spiro atoms. The number of carbonyl (C=O) groups excluding carboxylic acids is 1. The second-order valence-electron chi connectivity index (χ2n) is 5.34. The van der Waals surface area contributed by atoms with Gasteiger partial charge in [-0.05, 0) is 50.5 Å². The van der Waals surface area contributed by atoms with Gasteiger partial charge in [0, 0.05) is 17.5 Å². The maximum Gasteiger partial charge on any atom is 0.251 e. The predicted molar refractivity (Wildman–Crippen MR) is 81.4 cm³/mol. The summed E-state index contributed by atoms with van der Waals surface area (Å²) in [5.41, 5.74) is 2.91. The highest BCUT2D eigenvalue weighted by atomic mass is 16.3. The first-order valence-corrected chi connectivity index (χ1v) is 7.05. The summed E-state index contributed by atoms with van der Waals surface area (Å²) in [6.07, 6.45) is 2.49. The number of nitrogens with one attached hydrogen (secondary N) is 2. The van der Waals surface area contributed by atoms with Crippen LogP contribution in [-0.2, 0) is 0 Å². The number of aromatic hydroxyl groups is 1. The average molecular weight is 287 g/mol. The maximum absolute atomic E-state index is 12.4. The number of nitrogens with zero attached hydrogens (tertiary/aromatic N) is 1. The lowest BCUT2D eigenvalue weighted by molar-refractivity contribution is 0.0933. The molecule has 0 aliphatic rings. The van der Waals surface area contributed by atoms with Crippen LogP contribution in [0.4, 0.5) is 0 Å². The van der Waals surface area contributed by atoms with E-state index in [0.29, 0.717) is 16.7 Å². The van der Waals surface area contributed by atoms with Crippen molar-refractivity contribution in [2.24, 2.45) is 0 Å². The van der Waals surface area contributed by atoms with Crippen LogP contribution in [0.15, 0.2) is 18.3 Å². The third-order valence-electron chi connectivity index (χ3n) is 3.52. The summed E-state index contributed by atoms with van der Waals surface area (Å²) in [6, 6.07) is 3.23. The molecule has 0 saturated carbocycles. The summed E-state index contributed by atoms with van der Waals surface area (Å²) in [4.78, 5) is 19.8. The maximum atomic E-state index is 12.4. The van der Waals surface area contributed by atoms with Crippen molar-refractivity contribution in [3.05, 3.63) is 46.5 Å². The highest BCUT2D eigenvalue weighted by Crippen LogP contribution is 2.23. The zero-order valence-electron chi connectivity index (χ0n) is 12.8. The van der Waals surface area contributed by atoms with Gasteiger partial charge < -0.3 is 15.4 Å². The molecule has 1 atom stereocenters. The molecule has 0 aliphatic carbocycles. The topological polar surface area (TPSA) is 78.0 Å². The molecule has 0 fully saturated rings. The van der Waals surface area contributed by atoms with Crippen molar-refractivity contribution in [1.82, 2.24) is 15.3 Å². The van der Waals surface area contributed by atoms with Gasteiger partial charge in [0.2, 0.25) is 0 Å². The number of H-pyrrole nitrogens is 1. The Balaban J connectivity index is 2.20. The van der Waals surface area contributed by atoms with E-state index in [4.69, 9.17) is 0 Å². The molecule has 1 amide bonds. The first kappa shape index (κ1) is 15.1. The third-order valence-corrected chi connectivity index (χ3v) is 3.52. The molecule has 1 aromatic heterocycles. The van der Waals surface area contributed by atoms with Gasteiger partial charge in [-0.2, -0.15) is 0 Å². The van der Waals surface area contributed by atoms with E-state index < -0.39 is 0 Å². The van der Waals surface area contributed by atoms with Crippen molar-refractivity contribution in [2.45, 2.75) is 40.2 Å². The summed E-state index contributed by atoms with van der Waals surface area (Å²) in [6.45, 7) is 7.49. The Kier molecular flexibility index (Phi) is 4.31. The van der Waals surface area contributed by atoms with E-state index in [9.17, 15) is 9.90 Å². The number of aromatic amines is 1. The van der Waals surface area contributed by atoms with Crippen LogP contribution < -0.4 is 5.32 Å². The first-order chi connectivity index (χ1) is 9.92. The monoisotopic (exact) mass is 287 g/mol.